The Bertz CT molecular complexity index is 652. The van der Waals surface area contributed by atoms with Crippen LogP contribution in [0, 0.1) is 15.9 Å². The molecule has 98 valence electrons. The minimum Gasteiger partial charge on any atom is -0.448 e. The molecule has 2 aromatic rings. The Hall–Kier alpha value is -1.54. The molecule has 1 aromatic carbocycles. The maximum atomic E-state index is 13.4. The van der Waals surface area contributed by atoms with Crippen molar-refractivity contribution in [1.29, 1.82) is 0 Å². The van der Waals surface area contributed by atoms with E-state index in [9.17, 15) is 14.5 Å². The van der Waals surface area contributed by atoms with E-state index in [4.69, 9.17) is 4.74 Å². The molecule has 0 saturated carbocycles. The second-order valence-corrected chi connectivity index (χ2v) is 5.20. The van der Waals surface area contributed by atoms with Gasteiger partial charge in [0.25, 0.3) is 0 Å². The highest BCUT2D eigenvalue weighted by molar-refractivity contribution is 9.10. The highest BCUT2D eigenvalue weighted by Gasteiger charge is 2.19. The number of nitrogens with zero attached hydrogens (tertiary/aromatic N) is 2. The summed E-state index contributed by atoms with van der Waals surface area (Å²) < 4.78 is 19.4. The van der Waals surface area contributed by atoms with Crippen LogP contribution in [-0.2, 0) is 0 Å². The number of aromatic nitrogens is 1. The van der Waals surface area contributed by atoms with Crippen molar-refractivity contribution < 1.29 is 14.1 Å². The van der Waals surface area contributed by atoms with Crippen LogP contribution < -0.4 is 4.74 Å². The van der Waals surface area contributed by atoms with Crippen LogP contribution in [0.25, 0.3) is 0 Å². The first-order valence-electron chi connectivity index (χ1n) is 4.89. The van der Waals surface area contributed by atoms with E-state index in [2.05, 4.69) is 36.8 Å². The molecule has 2 rings (SSSR count). The summed E-state index contributed by atoms with van der Waals surface area (Å²) in [4.78, 5) is 14.1. The molecule has 5 nitrogen and oxygen atoms in total. The number of nitro benzene ring substituents is 1. The van der Waals surface area contributed by atoms with Gasteiger partial charge in [0.2, 0.25) is 5.75 Å². The molecule has 0 unspecified atom stereocenters. The fourth-order valence-corrected chi connectivity index (χ4v) is 1.99. The fraction of sp³-hybridized carbons (Fsp3) is 0. The Morgan fingerprint density at radius 2 is 2.00 bits per heavy atom. The lowest BCUT2D eigenvalue weighted by atomic mass is 10.3. The second-order valence-electron chi connectivity index (χ2n) is 3.43. The third kappa shape index (κ3) is 3.27. The number of pyridine rings is 1. The Morgan fingerprint density at radius 1 is 1.26 bits per heavy atom. The van der Waals surface area contributed by atoms with Gasteiger partial charge in [-0.25, -0.2) is 4.39 Å². The number of rotatable bonds is 3. The molecule has 0 aliphatic carbocycles. The monoisotopic (exact) mass is 390 g/mol. The lowest BCUT2D eigenvalue weighted by Gasteiger charge is -2.07. The zero-order chi connectivity index (χ0) is 14.0. The van der Waals surface area contributed by atoms with Gasteiger partial charge in [0.15, 0.2) is 0 Å². The summed E-state index contributed by atoms with van der Waals surface area (Å²) in [6, 6.07) is 3.57. The molecule has 0 spiro atoms. The summed E-state index contributed by atoms with van der Waals surface area (Å²) in [5.41, 5.74) is -0.340. The molecule has 0 aliphatic heterocycles. The van der Waals surface area contributed by atoms with Gasteiger partial charge in [0.05, 0.1) is 15.6 Å². The van der Waals surface area contributed by atoms with Crippen molar-refractivity contribution in [2.75, 3.05) is 0 Å². The van der Waals surface area contributed by atoms with Gasteiger partial charge < -0.3 is 4.74 Å². The predicted molar refractivity (Wildman–Crippen MR) is 72.8 cm³/mol. The number of hydrogen-bond acceptors (Lipinski definition) is 4. The Morgan fingerprint density at radius 3 is 2.63 bits per heavy atom. The Balaban J connectivity index is 2.44. The quantitative estimate of drug-likeness (QED) is 0.572. The van der Waals surface area contributed by atoms with Crippen LogP contribution in [0.3, 0.4) is 0 Å². The van der Waals surface area contributed by atoms with Crippen LogP contribution in [0.2, 0.25) is 0 Å². The Kier molecular flexibility index (Phi) is 4.11. The highest BCUT2D eigenvalue weighted by Crippen LogP contribution is 2.35. The van der Waals surface area contributed by atoms with Crippen LogP contribution >= 0.6 is 31.9 Å². The predicted octanol–water partition coefficient (Wildman–Crippen LogP) is 4.45. The molecule has 8 heteroatoms. The highest BCUT2D eigenvalue weighted by atomic mass is 79.9. The zero-order valence-electron chi connectivity index (χ0n) is 9.14. The van der Waals surface area contributed by atoms with E-state index in [1.165, 1.54) is 12.4 Å². The van der Waals surface area contributed by atoms with E-state index in [1.807, 2.05) is 0 Å². The third-order valence-corrected chi connectivity index (χ3v) is 3.15. The van der Waals surface area contributed by atoms with Crippen molar-refractivity contribution >= 4 is 37.5 Å². The number of halogens is 3. The topological polar surface area (TPSA) is 65.3 Å². The van der Waals surface area contributed by atoms with Crippen LogP contribution in [0.4, 0.5) is 10.1 Å². The van der Waals surface area contributed by atoms with E-state index in [1.54, 1.807) is 6.07 Å². The molecule has 1 aromatic heterocycles. The van der Waals surface area contributed by atoms with Gasteiger partial charge >= 0.3 is 5.69 Å². The average Bonchev–Trinajstić information content (AvgIpc) is 2.33. The summed E-state index contributed by atoms with van der Waals surface area (Å²) in [5, 5.41) is 10.9. The molecule has 0 bridgehead atoms. The van der Waals surface area contributed by atoms with Gasteiger partial charge in [-0.3, -0.25) is 15.1 Å². The minimum absolute atomic E-state index is 0.00100. The molecule has 0 saturated heterocycles. The van der Waals surface area contributed by atoms with Gasteiger partial charge in [0.1, 0.15) is 11.6 Å². The van der Waals surface area contributed by atoms with E-state index >= 15 is 0 Å². The SMILES string of the molecule is O=[N+]([O-])c1cc(Br)c(F)cc1Oc1cncc(Br)c1. The molecule has 0 aliphatic rings. The first-order valence-corrected chi connectivity index (χ1v) is 6.48. The summed E-state index contributed by atoms with van der Waals surface area (Å²) in [5.74, 6) is -0.576. The molecule has 19 heavy (non-hydrogen) atoms. The number of nitro groups is 1. The van der Waals surface area contributed by atoms with E-state index in [0.717, 1.165) is 12.1 Å². The molecule has 1 heterocycles. The molecular formula is C11H5Br2FN2O3. The normalized spacial score (nSPS) is 10.3. The average molecular weight is 392 g/mol. The summed E-state index contributed by atoms with van der Waals surface area (Å²) in [7, 11) is 0. The zero-order valence-corrected chi connectivity index (χ0v) is 12.3. The van der Waals surface area contributed by atoms with E-state index in [0.29, 0.717) is 4.47 Å². The van der Waals surface area contributed by atoms with Crippen molar-refractivity contribution in [3.8, 4) is 11.5 Å². The van der Waals surface area contributed by atoms with Crippen LogP contribution in [0.1, 0.15) is 0 Å². The lowest BCUT2D eigenvalue weighted by Crippen LogP contribution is -1.95. The maximum Gasteiger partial charge on any atom is 0.312 e. The van der Waals surface area contributed by atoms with Crippen molar-refractivity contribution in [3.05, 3.63) is 55.5 Å². The Labute approximate surface area is 123 Å². The van der Waals surface area contributed by atoms with E-state index in [-0.39, 0.29) is 21.7 Å². The maximum absolute atomic E-state index is 13.4. The molecule has 0 fully saturated rings. The van der Waals surface area contributed by atoms with Crippen LogP contribution in [0.5, 0.6) is 11.5 Å². The van der Waals surface area contributed by atoms with Crippen molar-refractivity contribution in [3.63, 3.8) is 0 Å². The lowest BCUT2D eigenvalue weighted by molar-refractivity contribution is -0.385. The third-order valence-electron chi connectivity index (χ3n) is 2.11. The summed E-state index contributed by atoms with van der Waals surface area (Å²) in [6.07, 6.45) is 2.90. The number of benzene rings is 1. The number of hydrogen-bond donors (Lipinski definition) is 0. The molecule has 0 radical (unpaired) electrons. The van der Waals surface area contributed by atoms with Gasteiger partial charge in [-0.15, -0.1) is 0 Å². The van der Waals surface area contributed by atoms with Gasteiger partial charge in [0, 0.05) is 22.8 Å². The van der Waals surface area contributed by atoms with Gasteiger partial charge in [-0.05, 0) is 37.9 Å². The fourth-order valence-electron chi connectivity index (χ4n) is 1.32. The van der Waals surface area contributed by atoms with Crippen molar-refractivity contribution in [2.45, 2.75) is 0 Å². The largest absolute Gasteiger partial charge is 0.448 e. The van der Waals surface area contributed by atoms with Gasteiger partial charge in [-0.2, -0.15) is 0 Å². The standard InChI is InChI=1S/C11H5Br2FN2O3/c12-6-1-7(5-15-4-6)19-11-3-9(14)8(13)2-10(11)16(17)18/h1-5H. The van der Waals surface area contributed by atoms with Crippen molar-refractivity contribution in [2.24, 2.45) is 0 Å². The first-order chi connectivity index (χ1) is 8.97. The second kappa shape index (κ2) is 5.62. The smallest absolute Gasteiger partial charge is 0.312 e. The van der Waals surface area contributed by atoms with Crippen LogP contribution in [-0.4, -0.2) is 9.91 Å². The molecule has 0 N–H and O–H groups in total. The van der Waals surface area contributed by atoms with Crippen molar-refractivity contribution in [1.82, 2.24) is 4.98 Å². The molecule has 0 atom stereocenters. The number of ether oxygens (including phenoxy) is 1. The minimum atomic E-state index is -0.649. The summed E-state index contributed by atoms with van der Waals surface area (Å²) in [6.45, 7) is 0. The first kappa shape index (κ1) is 13.9. The molecular weight excluding hydrogens is 387 g/mol. The van der Waals surface area contributed by atoms with Gasteiger partial charge in [-0.1, -0.05) is 0 Å². The van der Waals surface area contributed by atoms with Crippen LogP contribution in [0.15, 0.2) is 39.5 Å². The summed E-state index contributed by atoms with van der Waals surface area (Å²) >= 11 is 6.08. The molecule has 0 amide bonds. The van der Waals surface area contributed by atoms with E-state index < -0.39 is 10.7 Å².